The minimum Gasteiger partial charge on any atom is -0.493 e. The first-order valence-corrected chi connectivity index (χ1v) is 6.34. The van der Waals surface area contributed by atoms with E-state index < -0.39 is 5.97 Å². The van der Waals surface area contributed by atoms with Crippen LogP contribution < -0.4 is 10.1 Å². The van der Waals surface area contributed by atoms with Crippen LogP contribution in [0.2, 0.25) is 0 Å². The van der Waals surface area contributed by atoms with Crippen molar-refractivity contribution in [1.82, 2.24) is 4.98 Å². The summed E-state index contributed by atoms with van der Waals surface area (Å²) in [5, 5.41) is 11.4. The van der Waals surface area contributed by atoms with Gasteiger partial charge in [0.2, 0.25) is 0 Å². The number of hydrogen-bond donors (Lipinski definition) is 2. The summed E-state index contributed by atoms with van der Waals surface area (Å²) >= 11 is 0. The van der Waals surface area contributed by atoms with E-state index in [9.17, 15) is 9.59 Å². The Morgan fingerprint density at radius 3 is 2.62 bits per heavy atom. The van der Waals surface area contributed by atoms with Crippen molar-refractivity contribution in [1.29, 1.82) is 0 Å². The second-order valence-electron chi connectivity index (χ2n) is 4.12. The Hall–Kier alpha value is -2.89. The molecule has 1 heterocycles. The molecule has 0 saturated heterocycles. The minimum absolute atomic E-state index is 0.0581. The lowest BCUT2D eigenvalue weighted by Gasteiger charge is -2.10. The summed E-state index contributed by atoms with van der Waals surface area (Å²) < 4.78 is 5.39. The predicted molar refractivity (Wildman–Crippen MR) is 76.8 cm³/mol. The molecule has 0 saturated carbocycles. The normalized spacial score (nSPS) is 9.95. The molecule has 108 valence electrons. The topological polar surface area (TPSA) is 88.5 Å². The van der Waals surface area contributed by atoms with E-state index in [-0.39, 0.29) is 17.3 Å². The number of hydrogen-bond acceptors (Lipinski definition) is 4. The van der Waals surface area contributed by atoms with Gasteiger partial charge in [0, 0.05) is 6.20 Å². The van der Waals surface area contributed by atoms with Crippen molar-refractivity contribution in [3.05, 3.63) is 53.7 Å². The van der Waals surface area contributed by atoms with Crippen LogP contribution in [-0.2, 0) is 0 Å². The molecule has 1 aromatic carbocycles. The monoisotopic (exact) mass is 286 g/mol. The van der Waals surface area contributed by atoms with E-state index in [1.54, 1.807) is 24.3 Å². The van der Waals surface area contributed by atoms with Crippen LogP contribution in [0.4, 0.5) is 5.82 Å². The number of para-hydroxylation sites is 1. The van der Waals surface area contributed by atoms with Gasteiger partial charge in [0.05, 0.1) is 17.7 Å². The summed E-state index contributed by atoms with van der Waals surface area (Å²) in [6, 6.07) is 9.68. The van der Waals surface area contributed by atoms with Gasteiger partial charge in [-0.3, -0.25) is 4.79 Å². The SMILES string of the molecule is CCOc1ccccc1C(=O)Nc1ccc(C(=O)O)cn1. The fraction of sp³-hybridized carbons (Fsp3) is 0.133. The van der Waals surface area contributed by atoms with E-state index in [1.165, 1.54) is 18.3 Å². The van der Waals surface area contributed by atoms with Crippen molar-refractivity contribution in [2.75, 3.05) is 11.9 Å². The van der Waals surface area contributed by atoms with Gasteiger partial charge >= 0.3 is 5.97 Å². The Morgan fingerprint density at radius 1 is 1.24 bits per heavy atom. The number of aromatic carboxylic acids is 1. The summed E-state index contributed by atoms with van der Waals surface area (Å²) in [6.45, 7) is 2.29. The molecule has 2 aromatic rings. The van der Waals surface area contributed by atoms with Crippen LogP contribution >= 0.6 is 0 Å². The summed E-state index contributed by atoms with van der Waals surface area (Å²) in [4.78, 5) is 26.8. The average Bonchev–Trinajstić information content (AvgIpc) is 2.48. The van der Waals surface area contributed by atoms with Gasteiger partial charge in [0.15, 0.2) is 0 Å². The molecule has 2 rings (SSSR count). The number of carbonyl (C=O) groups is 2. The molecule has 1 aromatic heterocycles. The minimum atomic E-state index is -1.07. The highest BCUT2D eigenvalue weighted by Gasteiger charge is 2.13. The lowest BCUT2D eigenvalue weighted by atomic mass is 10.2. The van der Waals surface area contributed by atoms with Crippen molar-refractivity contribution in [2.24, 2.45) is 0 Å². The molecular formula is C15H14N2O4. The van der Waals surface area contributed by atoms with Gasteiger partial charge in [0.25, 0.3) is 5.91 Å². The van der Waals surface area contributed by atoms with E-state index >= 15 is 0 Å². The smallest absolute Gasteiger partial charge is 0.337 e. The average molecular weight is 286 g/mol. The van der Waals surface area contributed by atoms with Crippen LogP contribution in [-0.4, -0.2) is 28.6 Å². The lowest BCUT2D eigenvalue weighted by molar-refractivity contribution is 0.0696. The third kappa shape index (κ3) is 3.56. The molecule has 0 radical (unpaired) electrons. The first-order chi connectivity index (χ1) is 10.1. The Bertz CT molecular complexity index is 653. The first-order valence-electron chi connectivity index (χ1n) is 6.34. The van der Waals surface area contributed by atoms with Gasteiger partial charge in [-0.15, -0.1) is 0 Å². The number of nitrogens with zero attached hydrogens (tertiary/aromatic N) is 1. The van der Waals surface area contributed by atoms with Gasteiger partial charge in [-0.2, -0.15) is 0 Å². The third-order valence-corrected chi connectivity index (χ3v) is 2.68. The number of amides is 1. The molecular weight excluding hydrogens is 272 g/mol. The zero-order valence-corrected chi connectivity index (χ0v) is 11.4. The number of carboxylic acids is 1. The maximum atomic E-state index is 12.2. The summed E-state index contributed by atoms with van der Waals surface area (Å²) in [5.74, 6) is -0.673. The number of carboxylic acid groups (broad SMARTS) is 1. The predicted octanol–water partition coefficient (Wildman–Crippen LogP) is 2.43. The van der Waals surface area contributed by atoms with Gasteiger partial charge in [-0.1, -0.05) is 12.1 Å². The molecule has 0 aliphatic carbocycles. The van der Waals surface area contributed by atoms with Crippen molar-refractivity contribution in [3.8, 4) is 5.75 Å². The Kier molecular flexibility index (Phi) is 4.50. The largest absolute Gasteiger partial charge is 0.493 e. The highest BCUT2D eigenvalue weighted by atomic mass is 16.5. The van der Waals surface area contributed by atoms with E-state index in [1.807, 2.05) is 6.92 Å². The number of benzene rings is 1. The van der Waals surface area contributed by atoms with Crippen LogP contribution in [0.25, 0.3) is 0 Å². The Morgan fingerprint density at radius 2 is 2.00 bits per heavy atom. The fourth-order valence-corrected chi connectivity index (χ4v) is 1.71. The molecule has 6 nitrogen and oxygen atoms in total. The quantitative estimate of drug-likeness (QED) is 0.881. The summed E-state index contributed by atoms with van der Waals surface area (Å²) in [6.07, 6.45) is 1.19. The molecule has 0 fully saturated rings. The molecule has 0 unspecified atom stereocenters. The molecule has 0 aliphatic heterocycles. The number of pyridine rings is 1. The van der Waals surface area contributed by atoms with Gasteiger partial charge in [-0.25, -0.2) is 9.78 Å². The number of anilines is 1. The van der Waals surface area contributed by atoms with Crippen molar-refractivity contribution in [3.63, 3.8) is 0 Å². The highest BCUT2D eigenvalue weighted by molar-refractivity contribution is 6.05. The molecule has 6 heteroatoms. The van der Waals surface area contributed by atoms with Gasteiger partial charge in [-0.05, 0) is 31.2 Å². The van der Waals surface area contributed by atoms with E-state index in [2.05, 4.69) is 10.3 Å². The Labute approximate surface area is 121 Å². The molecule has 2 N–H and O–H groups in total. The maximum Gasteiger partial charge on any atom is 0.337 e. The van der Waals surface area contributed by atoms with Crippen LogP contribution in [0, 0.1) is 0 Å². The highest BCUT2D eigenvalue weighted by Crippen LogP contribution is 2.19. The molecule has 1 amide bonds. The number of nitrogens with one attached hydrogen (secondary N) is 1. The molecule has 0 spiro atoms. The molecule has 0 aliphatic rings. The van der Waals surface area contributed by atoms with Gasteiger partial charge in [0.1, 0.15) is 11.6 Å². The summed E-state index contributed by atoms with van der Waals surface area (Å²) in [5.41, 5.74) is 0.450. The van der Waals surface area contributed by atoms with E-state index in [4.69, 9.17) is 9.84 Å². The standard InChI is InChI=1S/C15H14N2O4/c1-2-21-12-6-4-3-5-11(12)14(18)17-13-8-7-10(9-16-13)15(19)20/h3-9H,2H2,1H3,(H,19,20)(H,16,17,18). The van der Waals surface area contributed by atoms with Crippen LogP contribution in [0.1, 0.15) is 27.6 Å². The zero-order chi connectivity index (χ0) is 15.2. The van der Waals surface area contributed by atoms with Gasteiger partial charge < -0.3 is 15.2 Å². The third-order valence-electron chi connectivity index (χ3n) is 2.68. The van der Waals surface area contributed by atoms with Crippen molar-refractivity contribution in [2.45, 2.75) is 6.92 Å². The van der Waals surface area contributed by atoms with Crippen LogP contribution in [0.3, 0.4) is 0 Å². The van der Waals surface area contributed by atoms with Crippen molar-refractivity contribution >= 4 is 17.7 Å². The molecule has 0 bridgehead atoms. The maximum absolute atomic E-state index is 12.2. The van der Waals surface area contributed by atoms with Crippen molar-refractivity contribution < 1.29 is 19.4 Å². The number of aromatic nitrogens is 1. The zero-order valence-electron chi connectivity index (χ0n) is 11.4. The molecule has 0 atom stereocenters. The van der Waals surface area contributed by atoms with Crippen LogP contribution in [0.15, 0.2) is 42.6 Å². The number of ether oxygens (including phenoxy) is 1. The second-order valence-corrected chi connectivity index (χ2v) is 4.12. The van der Waals surface area contributed by atoms with E-state index in [0.29, 0.717) is 17.9 Å². The lowest BCUT2D eigenvalue weighted by Crippen LogP contribution is -2.14. The molecule has 21 heavy (non-hydrogen) atoms. The van der Waals surface area contributed by atoms with E-state index in [0.717, 1.165) is 0 Å². The fourth-order valence-electron chi connectivity index (χ4n) is 1.71. The first kappa shape index (κ1) is 14.5. The second kappa shape index (κ2) is 6.51. The van der Waals surface area contributed by atoms with Crippen LogP contribution in [0.5, 0.6) is 5.75 Å². The number of carbonyl (C=O) groups excluding carboxylic acids is 1. The Balaban J connectivity index is 2.16. The summed E-state index contributed by atoms with van der Waals surface area (Å²) in [7, 11) is 0. The number of rotatable bonds is 5.